The van der Waals surface area contributed by atoms with E-state index in [0.717, 1.165) is 5.56 Å². The van der Waals surface area contributed by atoms with Crippen LogP contribution in [0, 0.1) is 24.0 Å². The summed E-state index contributed by atoms with van der Waals surface area (Å²) < 4.78 is 0. The maximum Gasteiger partial charge on any atom is 0.301 e. The second-order valence-electron chi connectivity index (χ2n) is 4.50. The van der Waals surface area contributed by atoms with Gasteiger partial charge in [0.05, 0.1) is 4.92 Å². The average molecular weight is 309 g/mol. The van der Waals surface area contributed by atoms with E-state index in [4.69, 9.17) is 11.6 Å². The Labute approximate surface area is 126 Å². The number of rotatable bonds is 4. The summed E-state index contributed by atoms with van der Waals surface area (Å²) in [7, 11) is 0. The van der Waals surface area contributed by atoms with Gasteiger partial charge in [0.15, 0.2) is 5.03 Å². The summed E-state index contributed by atoms with van der Waals surface area (Å²) in [6.45, 7) is 4.06. The third-order valence-corrected chi connectivity index (χ3v) is 3.92. The van der Waals surface area contributed by atoms with Crippen molar-refractivity contribution in [2.45, 2.75) is 24.6 Å². The molecule has 0 saturated heterocycles. The first-order valence-corrected chi connectivity index (χ1v) is 7.33. The first-order valence-electron chi connectivity index (χ1n) is 5.96. The van der Waals surface area contributed by atoms with E-state index in [1.54, 1.807) is 0 Å². The van der Waals surface area contributed by atoms with Gasteiger partial charge in [0.25, 0.3) is 0 Å². The van der Waals surface area contributed by atoms with Crippen LogP contribution in [0.5, 0.6) is 0 Å². The van der Waals surface area contributed by atoms with Gasteiger partial charge < -0.3 is 0 Å². The van der Waals surface area contributed by atoms with E-state index in [1.165, 1.54) is 35.0 Å². The fourth-order valence-electron chi connectivity index (χ4n) is 1.96. The molecule has 0 aliphatic carbocycles. The molecule has 0 bridgehead atoms. The van der Waals surface area contributed by atoms with E-state index >= 15 is 0 Å². The lowest BCUT2D eigenvalue weighted by Crippen LogP contribution is -1.94. The number of aromatic nitrogens is 1. The lowest BCUT2D eigenvalue weighted by Gasteiger charge is -2.05. The van der Waals surface area contributed by atoms with Crippen LogP contribution in [0.2, 0.25) is 5.15 Å². The highest BCUT2D eigenvalue weighted by Gasteiger charge is 2.16. The molecule has 0 spiro atoms. The quantitative estimate of drug-likeness (QED) is 0.360. The van der Waals surface area contributed by atoms with Crippen LogP contribution in [-0.2, 0) is 5.75 Å². The van der Waals surface area contributed by atoms with Crippen molar-refractivity contribution < 1.29 is 4.92 Å². The molecule has 1 aromatic carbocycles. The van der Waals surface area contributed by atoms with Crippen LogP contribution < -0.4 is 0 Å². The Balaban J connectivity index is 2.22. The molecule has 0 unspecified atom stereocenters. The van der Waals surface area contributed by atoms with Crippen LogP contribution in [0.15, 0.2) is 35.4 Å². The Morgan fingerprint density at radius 1 is 1.25 bits per heavy atom. The smallest absolute Gasteiger partial charge is 0.258 e. The summed E-state index contributed by atoms with van der Waals surface area (Å²) in [4.78, 5) is 14.6. The molecule has 104 valence electrons. The molecule has 0 N–H and O–H groups in total. The summed E-state index contributed by atoms with van der Waals surface area (Å²) in [5.41, 5.74) is 3.45. The van der Waals surface area contributed by atoms with Crippen molar-refractivity contribution in [1.82, 2.24) is 4.98 Å². The van der Waals surface area contributed by atoms with Crippen molar-refractivity contribution in [3.05, 3.63) is 62.3 Å². The van der Waals surface area contributed by atoms with Crippen molar-refractivity contribution >= 4 is 29.1 Å². The lowest BCUT2D eigenvalue weighted by atomic mass is 10.1. The SMILES string of the molecule is Cc1cc(C)cc(CSc2nc(Cl)ccc2[N+](=O)[O-])c1. The molecule has 0 atom stereocenters. The molecular formula is C14H13ClN2O2S. The number of hydrogen-bond donors (Lipinski definition) is 0. The Morgan fingerprint density at radius 2 is 1.90 bits per heavy atom. The molecule has 0 saturated carbocycles. The molecule has 6 heteroatoms. The Hall–Kier alpha value is -1.59. The van der Waals surface area contributed by atoms with Crippen LogP contribution in [-0.4, -0.2) is 9.91 Å². The number of halogens is 1. The minimum atomic E-state index is -0.437. The molecule has 20 heavy (non-hydrogen) atoms. The number of nitrogens with zero attached hydrogens (tertiary/aromatic N) is 2. The summed E-state index contributed by atoms with van der Waals surface area (Å²) in [6.07, 6.45) is 0. The van der Waals surface area contributed by atoms with Gasteiger partial charge in [-0.15, -0.1) is 0 Å². The number of aryl methyl sites for hydroxylation is 2. The van der Waals surface area contributed by atoms with Gasteiger partial charge in [0.2, 0.25) is 0 Å². The molecule has 1 heterocycles. The Morgan fingerprint density at radius 3 is 2.50 bits per heavy atom. The molecule has 4 nitrogen and oxygen atoms in total. The highest BCUT2D eigenvalue weighted by atomic mass is 35.5. The first-order chi connectivity index (χ1) is 9.45. The second-order valence-corrected chi connectivity index (χ2v) is 5.85. The topological polar surface area (TPSA) is 56.0 Å². The number of benzene rings is 1. The molecule has 2 rings (SSSR count). The van der Waals surface area contributed by atoms with E-state index in [0.29, 0.717) is 10.8 Å². The van der Waals surface area contributed by atoms with E-state index < -0.39 is 4.92 Å². The fraction of sp³-hybridized carbons (Fsp3) is 0.214. The Bertz CT molecular complexity index is 641. The number of pyridine rings is 1. The minimum absolute atomic E-state index is 0.0104. The molecule has 0 aliphatic heterocycles. The van der Waals surface area contributed by atoms with Crippen LogP contribution >= 0.6 is 23.4 Å². The van der Waals surface area contributed by atoms with Gasteiger partial charge in [-0.2, -0.15) is 0 Å². The summed E-state index contributed by atoms with van der Waals surface area (Å²) in [5.74, 6) is 0.622. The molecule has 0 aliphatic rings. The molecular weight excluding hydrogens is 296 g/mol. The highest BCUT2D eigenvalue weighted by Crippen LogP contribution is 2.31. The third kappa shape index (κ3) is 3.71. The average Bonchev–Trinajstić information content (AvgIpc) is 2.35. The largest absolute Gasteiger partial charge is 0.301 e. The lowest BCUT2D eigenvalue weighted by molar-refractivity contribution is -0.388. The maximum atomic E-state index is 11.0. The van der Waals surface area contributed by atoms with Gasteiger partial charge in [0.1, 0.15) is 5.15 Å². The van der Waals surface area contributed by atoms with Crippen LogP contribution in [0.25, 0.3) is 0 Å². The predicted molar refractivity (Wildman–Crippen MR) is 81.4 cm³/mol. The number of hydrogen-bond acceptors (Lipinski definition) is 4. The van der Waals surface area contributed by atoms with Gasteiger partial charge in [-0.1, -0.05) is 52.7 Å². The van der Waals surface area contributed by atoms with Crippen molar-refractivity contribution in [3.63, 3.8) is 0 Å². The molecule has 0 fully saturated rings. The van der Waals surface area contributed by atoms with Crippen molar-refractivity contribution in [2.24, 2.45) is 0 Å². The van der Waals surface area contributed by atoms with Crippen molar-refractivity contribution in [2.75, 3.05) is 0 Å². The number of thioether (sulfide) groups is 1. The van der Waals surface area contributed by atoms with E-state index in [9.17, 15) is 10.1 Å². The van der Waals surface area contributed by atoms with Gasteiger partial charge in [-0.05, 0) is 25.5 Å². The monoisotopic (exact) mass is 308 g/mol. The van der Waals surface area contributed by atoms with Crippen LogP contribution in [0.4, 0.5) is 5.69 Å². The predicted octanol–water partition coefficient (Wildman–Crippen LogP) is 4.55. The third-order valence-electron chi connectivity index (χ3n) is 2.66. The number of nitro groups is 1. The normalized spacial score (nSPS) is 10.6. The standard InChI is InChI=1S/C14H13ClN2O2S/c1-9-5-10(2)7-11(6-9)8-20-14-12(17(18)19)3-4-13(15)16-14/h3-7H,8H2,1-2H3. The zero-order valence-corrected chi connectivity index (χ0v) is 12.7. The van der Waals surface area contributed by atoms with Gasteiger partial charge >= 0.3 is 5.69 Å². The molecule has 1 aromatic heterocycles. The Kier molecular flexibility index (Phi) is 4.62. The van der Waals surface area contributed by atoms with Crippen molar-refractivity contribution in [3.8, 4) is 0 Å². The van der Waals surface area contributed by atoms with Crippen LogP contribution in [0.1, 0.15) is 16.7 Å². The maximum absolute atomic E-state index is 11.0. The van der Waals surface area contributed by atoms with Gasteiger partial charge in [-0.25, -0.2) is 4.98 Å². The van der Waals surface area contributed by atoms with Crippen LogP contribution in [0.3, 0.4) is 0 Å². The van der Waals surface area contributed by atoms with Crippen molar-refractivity contribution in [1.29, 1.82) is 0 Å². The second kappa shape index (κ2) is 6.24. The zero-order chi connectivity index (χ0) is 14.7. The molecule has 0 radical (unpaired) electrons. The zero-order valence-electron chi connectivity index (χ0n) is 11.1. The highest BCUT2D eigenvalue weighted by molar-refractivity contribution is 7.98. The van der Waals surface area contributed by atoms with E-state index in [-0.39, 0.29) is 10.8 Å². The molecule has 2 aromatic rings. The van der Waals surface area contributed by atoms with Gasteiger partial charge in [-0.3, -0.25) is 10.1 Å². The molecule has 0 amide bonds. The summed E-state index contributed by atoms with van der Waals surface area (Å²) >= 11 is 7.13. The van der Waals surface area contributed by atoms with E-state index in [2.05, 4.69) is 23.2 Å². The summed E-state index contributed by atoms with van der Waals surface area (Å²) in [6, 6.07) is 9.04. The van der Waals surface area contributed by atoms with Gasteiger partial charge in [0, 0.05) is 11.8 Å². The first kappa shape index (κ1) is 14.8. The fourth-order valence-corrected chi connectivity index (χ4v) is 3.08. The van der Waals surface area contributed by atoms with E-state index in [1.807, 2.05) is 13.8 Å². The minimum Gasteiger partial charge on any atom is -0.258 e. The summed E-state index contributed by atoms with van der Waals surface area (Å²) in [5, 5.41) is 11.6.